The summed E-state index contributed by atoms with van der Waals surface area (Å²) in [5, 5.41) is 13.2. The van der Waals surface area contributed by atoms with E-state index in [1.54, 1.807) is 11.6 Å². The van der Waals surface area contributed by atoms with Gasteiger partial charge in [0.15, 0.2) is 5.82 Å². The number of carbonyl (C=O) groups excluding carboxylic acids is 1. The number of aromatic nitrogens is 4. The van der Waals surface area contributed by atoms with Gasteiger partial charge in [-0.15, -0.1) is 10.2 Å². The molecule has 19 heavy (non-hydrogen) atoms. The molecule has 0 aliphatic heterocycles. The Kier molecular flexibility index (Phi) is 2.98. The van der Waals surface area contributed by atoms with Crippen molar-refractivity contribution >= 4 is 22.3 Å². The highest BCUT2D eigenvalue weighted by Gasteiger charge is 2.55. The van der Waals surface area contributed by atoms with Crippen LogP contribution < -0.4 is 0 Å². The number of nitrogens with zero attached hydrogens (tertiary/aromatic N) is 4. The van der Waals surface area contributed by atoms with Gasteiger partial charge < -0.3 is 9.47 Å². The lowest BCUT2D eigenvalue weighted by molar-refractivity contribution is -0.146. The van der Waals surface area contributed by atoms with E-state index in [1.165, 1.54) is 11.3 Å². The molecule has 1 aliphatic carbocycles. The Morgan fingerprint density at radius 2 is 2.26 bits per heavy atom. The van der Waals surface area contributed by atoms with Crippen LogP contribution in [0.25, 0.3) is 4.96 Å². The molecule has 2 aromatic rings. The third-order valence-corrected chi connectivity index (χ3v) is 4.26. The maximum Gasteiger partial charge on any atom is 0.319 e. The first-order chi connectivity index (χ1) is 9.21. The van der Waals surface area contributed by atoms with Gasteiger partial charge in [0.25, 0.3) is 0 Å². The fourth-order valence-corrected chi connectivity index (χ4v) is 3.06. The summed E-state index contributed by atoms with van der Waals surface area (Å²) in [6.45, 7) is 2.54. The summed E-state index contributed by atoms with van der Waals surface area (Å²) in [5.41, 5.74) is -0.550. The minimum absolute atomic E-state index is 0.187. The van der Waals surface area contributed by atoms with Gasteiger partial charge in [-0.25, -0.2) is 0 Å². The molecule has 3 rings (SSSR count). The Hall–Kier alpha value is -1.54. The summed E-state index contributed by atoms with van der Waals surface area (Å²) in [4.78, 5) is 12.7. The normalized spacial score (nSPS) is 16.7. The summed E-state index contributed by atoms with van der Waals surface area (Å²) < 4.78 is 11.8. The Bertz CT molecular complexity index is 617. The first-order valence-electron chi connectivity index (χ1n) is 6.09. The SMILES string of the molecule is CCOC(=O)C1(c2nn3c(COC)nnc3s2)CC1. The summed E-state index contributed by atoms with van der Waals surface area (Å²) in [7, 11) is 1.59. The molecule has 7 nitrogen and oxygen atoms in total. The Balaban J connectivity index is 1.95. The Labute approximate surface area is 113 Å². The zero-order valence-electron chi connectivity index (χ0n) is 10.8. The van der Waals surface area contributed by atoms with Crippen LogP contribution in [0.15, 0.2) is 0 Å². The average molecular weight is 282 g/mol. The van der Waals surface area contributed by atoms with Crippen molar-refractivity contribution in [3.05, 3.63) is 10.8 Å². The van der Waals surface area contributed by atoms with Crippen LogP contribution in [-0.2, 0) is 26.3 Å². The van der Waals surface area contributed by atoms with E-state index in [0.29, 0.717) is 24.0 Å². The van der Waals surface area contributed by atoms with Crippen molar-refractivity contribution in [2.75, 3.05) is 13.7 Å². The quantitative estimate of drug-likeness (QED) is 0.759. The third-order valence-electron chi connectivity index (χ3n) is 3.15. The van der Waals surface area contributed by atoms with Gasteiger partial charge in [-0.3, -0.25) is 4.79 Å². The number of hydrogen-bond donors (Lipinski definition) is 0. The van der Waals surface area contributed by atoms with E-state index in [-0.39, 0.29) is 5.97 Å². The zero-order chi connectivity index (χ0) is 13.5. The van der Waals surface area contributed by atoms with Crippen molar-refractivity contribution in [1.82, 2.24) is 19.8 Å². The van der Waals surface area contributed by atoms with E-state index >= 15 is 0 Å². The summed E-state index contributed by atoms with van der Waals surface area (Å²) in [5.74, 6) is 0.452. The largest absolute Gasteiger partial charge is 0.465 e. The molecule has 0 spiro atoms. The second kappa shape index (κ2) is 4.53. The number of hydrogen-bond acceptors (Lipinski definition) is 7. The van der Waals surface area contributed by atoms with Gasteiger partial charge in [-0.05, 0) is 19.8 Å². The van der Waals surface area contributed by atoms with Crippen molar-refractivity contribution in [3.8, 4) is 0 Å². The molecule has 2 aromatic heterocycles. The average Bonchev–Trinajstić information content (AvgIpc) is 2.97. The van der Waals surface area contributed by atoms with Crippen LogP contribution in [0.1, 0.15) is 30.6 Å². The fourth-order valence-electron chi connectivity index (χ4n) is 1.97. The minimum atomic E-state index is -0.550. The predicted molar refractivity (Wildman–Crippen MR) is 66.9 cm³/mol. The van der Waals surface area contributed by atoms with Crippen LogP contribution >= 0.6 is 11.3 Å². The van der Waals surface area contributed by atoms with Gasteiger partial charge >= 0.3 is 5.97 Å². The van der Waals surface area contributed by atoms with E-state index in [2.05, 4.69) is 15.3 Å². The number of carbonyl (C=O) groups is 1. The molecule has 102 valence electrons. The van der Waals surface area contributed by atoms with Crippen LogP contribution in [0.5, 0.6) is 0 Å². The van der Waals surface area contributed by atoms with Crippen molar-refractivity contribution < 1.29 is 14.3 Å². The highest BCUT2D eigenvalue weighted by Crippen LogP contribution is 2.50. The molecule has 0 aromatic carbocycles. The first-order valence-corrected chi connectivity index (χ1v) is 6.90. The monoisotopic (exact) mass is 282 g/mol. The highest BCUT2D eigenvalue weighted by atomic mass is 32.1. The topological polar surface area (TPSA) is 78.6 Å². The van der Waals surface area contributed by atoms with Gasteiger partial charge in [0.2, 0.25) is 4.96 Å². The first kappa shape index (κ1) is 12.5. The predicted octanol–water partition coefficient (Wildman–Crippen LogP) is 0.927. The molecule has 1 aliphatic rings. The summed E-state index contributed by atoms with van der Waals surface area (Å²) in [6, 6.07) is 0. The molecule has 0 bridgehead atoms. The lowest BCUT2D eigenvalue weighted by Crippen LogP contribution is -2.23. The molecule has 1 saturated carbocycles. The van der Waals surface area contributed by atoms with Crippen LogP contribution in [-0.4, -0.2) is 39.5 Å². The molecule has 0 atom stereocenters. The Morgan fingerprint density at radius 3 is 2.89 bits per heavy atom. The molecule has 0 N–H and O–H groups in total. The molecule has 0 saturated heterocycles. The molecule has 8 heteroatoms. The van der Waals surface area contributed by atoms with Crippen LogP contribution in [0.4, 0.5) is 0 Å². The van der Waals surface area contributed by atoms with Gasteiger partial charge in [0, 0.05) is 7.11 Å². The van der Waals surface area contributed by atoms with Crippen LogP contribution in [0.3, 0.4) is 0 Å². The minimum Gasteiger partial charge on any atom is -0.465 e. The molecule has 0 amide bonds. The number of esters is 1. The van der Waals surface area contributed by atoms with E-state index < -0.39 is 5.41 Å². The standard InChI is InChI=1S/C11H14N4O3S/c1-3-18-9(16)11(4-5-11)8-14-15-7(6-17-2)12-13-10(15)19-8/h3-6H2,1-2H3. The second-order valence-corrected chi connectivity index (χ2v) is 5.41. The van der Waals surface area contributed by atoms with Gasteiger partial charge in [0.1, 0.15) is 17.0 Å². The lowest BCUT2D eigenvalue weighted by Gasteiger charge is -2.09. The molecular weight excluding hydrogens is 268 g/mol. The van der Waals surface area contributed by atoms with E-state index in [0.717, 1.165) is 17.8 Å². The maximum atomic E-state index is 12.0. The van der Waals surface area contributed by atoms with E-state index in [4.69, 9.17) is 9.47 Å². The number of rotatable bonds is 5. The van der Waals surface area contributed by atoms with Crippen molar-refractivity contribution in [3.63, 3.8) is 0 Å². The molecule has 2 heterocycles. The third kappa shape index (κ3) is 1.91. The smallest absolute Gasteiger partial charge is 0.319 e. The molecule has 1 fully saturated rings. The van der Waals surface area contributed by atoms with Gasteiger partial charge in [0.05, 0.1) is 6.61 Å². The van der Waals surface area contributed by atoms with Gasteiger partial charge in [-0.2, -0.15) is 9.61 Å². The van der Waals surface area contributed by atoms with Crippen molar-refractivity contribution in [2.24, 2.45) is 0 Å². The summed E-state index contributed by atoms with van der Waals surface area (Å²) >= 11 is 1.39. The zero-order valence-corrected chi connectivity index (χ0v) is 11.6. The van der Waals surface area contributed by atoms with Crippen molar-refractivity contribution in [2.45, 2.75) is 31.8 Å². The molecular formula is C11H14N4O3S. The van der Waals surface area contributed by atoms with Crippen molar-refractivity contribution in [1.29, 1.82) is 0 Å². The molecule has 0 radical (unpaired) electrons. The fraction of sp³-hybridized carbons (Fsp3) is 0.636. The lowest BCUT2D eigenvalue weighted by atomic mass is 10.1. The molecule has 0 unspecified atom stereocenters. The van der Waals surface area contributed by atoms with Crippen LogP contribution in [0, 0.1) is 0 Å². The number of ether oxygens (including phenoxy) is 2. The summed E-state index contributed by atoms with van der Waals surface area (Å²) in [6.07, 6.45) is 1.57. The number of fused-ring (bicyclic) bond motifs is 1. The van der Waals surface area contributed by atoms with E-state index in [1.807, 2.05) is 6.92 Å². The Morgan fingerprint density at radius 1 is 1.47 bits per heavy atom. The van der Waals surface area contributed by atoms with Gasteiger partial charge in [-0.1, -0.05) is 11.3 Å². The number of methoxy groups -OCH3 is 1. The second-order valence-electron chi connectivity index (χ2n) is 4.45. The maximum absolute atomic E-state index is 12.0. The van der Waals surface area contributed by atoms with E-state index in [9.17, 15) is 4.79 Å². The van der Waals surface area contributed by atoms with Crippen LogP contribution in [0.2, 0.25) is 0 Å². The highest BCUT2D eigenvalue weighted by molar-refractivity contribution is 7.17.